The first-order valence-corrected chi connectivity index (χ1v) is 12.7. The van der Waals surface area contributed by atoms with Gasteiger partial charge >= 0.3 is 0 Å². The van der Waals surface area contributed by atoms with Gasteiger partial charge in [0.05, 0.1) is 5.92 Å². The molecule has 194 valence electrons. The molecule has 1 aromatic rings. The molecule has 0 spiro atoms. The van der Waals surface area contributed by atoms with Crippen LogP contribution in [0, 0.1) is 29.1 Å². The van der Waals surface area contributed by atoms with E-state index in [0.717, 1.165) is 12.0 Å². The van der Waals surface area contributed by atoms with Crippen molar-refractivity contribution in [2.45, 2.75) is 65.8 Å². The number of hydrogen-bond donors (Lipinski definition) is 5. The lowest BCUT2D eigenvalue weighted by Crippen LogP contribution is -2.60. The largest absolute Gasteiger partial charge is 0.312 e. The number of hydrogen-bond acceptors (Lipinski definition) is 6. The molecule has 1 aliphatic rings. The van der Waals surface area contributed by atoms with Gasteiger partial charge in [0.2, 0.25) is 11.8 Å². The molecule has 1 aromatic carbocycles. The van der Waals surface area contributed by atoms with Gasteiger partial charge in [-0.05, 0) is 49.6 Å². The summed E-state index contributed by atoms with van der Waals surface area (Å²) in [7, 11) is 0. The van der Waals surface area contributed by atoms with Crippen molar-refractivity contribution in [3.05, 3.63) is 42.0 Å². The molecule has 1 aliphatic heterocycles. The highest BCUT2D eigenvalue weighted by atomic mass is 16.5. The van der Waals surface area contributed by atoms with Crippen LogP contribution in [0.25, 0.3) is 6.08 Å². The van der Waals surface area contributed by atoms with E-state index in [0.29, 0.717) is 32.2 Å². The fraction of sp³-hybridized carbons (Fsp3) is 0.593. The van der Waals surface area contributed by atoms with Crippen LogP contribution in [0.3, 0.4) is 0 Å². The average molecular weight is 487 g/mol. The van der Waals surface area contributed by atoms with Gasteiger partial charge in [-0.3, -0.25) is 25.0 Å². The Balaban J connectivity index is 2.46. The van der Waals surface area contributed by atoms with Crippen molar-refractivity contribution in [1.29, 1.82) is 0 Å². The first-order chi connectivity index (χ1) is 16.7. The molecule has 8 heteroatoms. The van der Waals surface area contributed by atoms with Crippen LogP contribution in [-0.4, -0.2) is 35.4 Å². The molecule has 35 heavy (non-hydrogen) atoms. The zero-order valence-electron chi connectivity index (χ0n) is 21.4. The Bertz CT molecular complexity index is 873. The van der Waals surface area contributed by atoms with E-state index in [1.54, 1.807) is 5.48 Å². The molecule has 1 saturated heterocycles. The summed E-state index contributed by atoms with van der Waals surface area (Å²) >= 11 is 0. The second kappa shape index (κ2) is 13.5. The van der Waals surface area contributed by atoms with Gasteiger partial charge in [-0.15, -0.1) is 0 Å². The second-order valence-corrected chi connectivity index (χ2v) is 10.2. The highest BCUT2D eigenvalue weighted by Gasteiger charge is 2.52. The smallest absolute Gasteiger partial charge is 0.248 e. The molecule has 2 amide bonds. The molecule has 6 N–H and O–H groups in total. The number of ketones is 1. The number of rotatable bonds is 12. The van der Waals surface area contributed by atoms with Gasteiger partial charge in [0.15, 0.2) is 5.78 Å². The molecule has 3 unspecified atom stereocenters. The van der Waals surface area contributed by atoms with Gasteiger partial charge in [-0.25, -0.2) is 11.3 Å². The lowest BCUT2D eigenvalue weighted by Gasteiger charge is -2.44. The Hall–Kier alpha value is -2.55. The SMILES string of the molecule is CCCC(CC(C)C)(C(=O)NN)C(=O)C1C(C)CCN[C@H]1[C@H](C/C=C/c1ccccc1)C(=O)NO. The Labute approximate surface area is 209 Å². The number of nitrogens with one attached hydrogen (secondary N) is 3. The highest BCUT2D eigenvalue weighted by molar-refractivity contribution is 6.07. The van der Waals surface area contributed by atoms with Crippen LogP contribution in [0.2, 0.25) is 0 Å². The minimum absolute atomic E-state index is 0.0465. The highest BCUT2D eigenvalue weighted by Crippen LogP contribution is 2.41. The summed E-state index contributed by atoms with van der Waals surface area (Å²) in [6.45, 7) is 8.55. The number of Topliss-reactive ketones (excluding diaryl/α,β-unsaturated/α-hetero) is 1. The van der Waals surface area contributed by atoms with Crippen molar-refractivity contribution < 1.29 is 19.6 Å². The summed E-state index contributed by atoms with van der Waals surface area (Å²) in [5.41, 5.74) is 3.77. The second-order valence-electron chi connectivity index (χ2n) is 10.2. The molecule has 0 bridgehead atoms. The Morgan fingerprint density at radius 3 is 2.51 bits per heavy atom. The third kappa shape index (κ3) is 6.99. The van der Waals surface area contributed by atoms with Gasteiger partial charge in [0.1, 0.15) is 5.41 Å². The monoisotopic (exact) mass is 486 g/mol. The van der Waals surface area contributed by atoms with Gasteiger partial charge in [0.25, 0.3) is 0 Å². The Kier molecular flexibility index (Phi) is 11.1. The van der Waals surface area contributed by atoms with Gasteiger partial charge in [-0.1, -0.05) is 76.6 Å². The molecule has 0 radical (unpaired) electrons. The lowest BCUT2D eigenvalue weighted by atomic mass is 9.62. The van der Waals surface area contributed by atoms with E-state index in [1.165, 1.54) is 0 Å². The van der Waals surface area contributed by atoms with Crippen LogP contribution < -0.4 is 22.1 Å². The molecular formula is C27H42N4O4. The third-order valence-corrected chi connectivity index (χ3v) is 7.13. The van der Waals surface area contributed by atoms with E-state index in [1.807, 2.05) is 70.2 Å². The molecule has 1 fully saturated rings. The maximum Gasteiger partial charge on any atom is 0.248 e. The van der Waals surface area contributed by atoms with Gasteiger partial charge in [-0.2, -0.15) is 0 Å². The van der Waals surface area contributed by atoms with Crippen molar-refractivity contribution in [2.24, 2.45) is 34.9 Å². The lowest BCUT2D eigenvalue weighted by molar-refractivity contribution is -0.150. The minimum Gasteiger partial charge on any atom is -0.312 e. The first-order valence-electron chi connectivity index (χ1n) is 12.7. The van der Waals surface area contributed by atoms with E-state index in [2.05, 4.69) is 10.7 Å². The zero-order chi connectivity index (χ0) is 26.0. The summed E-state index contributed by atoms with van der Waals surface area (Å²) in [5, 5.41) is 12.9. The van der Waals surface area contributed by atoms with Crippen LogP contribution in [-0.2, 0) is 14.4 Å². The molecule has 5 atom stereocenters. The number of hydrazine groups is 1. The predicted octanol–water partition coefficient (Wildman–Crippen LogP) is 3.22. The maximum absolute atomic E-state index is 14.3. The minimum atomic E-state index is -1.27. The van der Waals surface area contributed by atoms with Crippen LogP contribution in [0.15, 0.2) is 36.4 Å². The average Bonchev–Trinajstić information content (AvgIpc) is 2.85. The van der Waals surface area contributed by atoms with Crippen molar-refractivity contribution in [1.82, 2.24) is 16.2 Å². The zero-order valence-corrected chi connectivity index (χ0v) is 21.4. The molecule has 2 rings (SSSR count). The fourth-order valence-corrected chi connectivity index (χ4v) is 5.59. The number of carbonyl (C=O) groups excluding carboxylic acids is 3. The number of allylic oxidation sites excluding steroid dienone is 1. The Morgan fingerprint density at radius 2 is 1.94 bits per heavy atom. The molecule has 0 aliphatic carbocycles. The molecule has 0 saturated carbocycles. The standard InChI is InChI=1S/C27H42N4O4/c1-5-15-27(17-18(2)3,26(34)30-28)24(32)22-19(4)14-16-29-23(22)21(25(33)31-35)13-9-12-20-10-7-6-8-11-20/h6-12,18-19,21-23,29,35H,5,13-17,28H2,1-4H3,(H,30,34)(H,31,33)/b12-9+/t19?,21-,22?,23-,27?/m0/s1. The van der Waals surface area contributed by atoms with Crippen LogP contribution in [0.1, 0.15) is 65.4 Å². The predicted molar refractivity (Wildman–Crippen MR) is 137 cm³/mol. The molecule has 0 aromatic heterocycles. The maximum atomic E-state index is 14.3. The van der Waals surface area contributed by atoms with E-state index >= 15 is 0 Å². The van der Waals surface area contributed by atoms with E-state index in [-0.39, 0.29) is 17.6 Å². The van der Waals surface area contributed by atoms with Crippen molar-refractivity contribution in [2.75, 3.05) is 6.54 Å². The first kappa shape index (κ1) is 28.7. The summed E-state index contributed by atoms with van der Waals surface area (Å²) in [4.78, 5) is 40.3. The van der Waals surface area contributed by atoms with Crippen LogP contribution in [0.5, 0.6) is 0 Å². The van der Waals surface area contributed by atoms with Gasteiger partial charge in [0, 0.05) is 12.0 Å². The van der Waals surface area contributed by atoms with Crippen LogP contribution in [0.4, 0.5) is 0 Å². The normalized spacial score (nSPS) is 23.0. The number of nitrogens with two attached hydrogens (primary N) is 1. The molecule has 8 nitrogen and oxygen atoms in total. The van der Waals surface area contributed by atoms with Crippen LogP contribution >= 0.6 is 0 Å². The number of carbonyl (C=O) groups is 3. The quantitative estimate of drug-likeness (QED) is 0.101. The topological polar surface area (TPSA) is 134 Å². The number of piperidine rings is 1. The van der Waals surface area contributed by atoms with Crippen molar-refractivity contribution >= 4 is 23.7 Å². The molecule has 1 heterocycles. The summed E-state index contributed by atoms with van der Waals surface area (Å²) in [6, 6.07) is 9.18. The number of benzene rings is 1. The Morgan fingerprint density at radius 1 is 1.26 bits per heavy atom. The number of amides is 2. The third-order valence-electron chi connectivity index (χ3n) is 7.13. The van der Waals surface area contributed by atoms with E-state index in [9.17, 15) is 19.6 Å². The van der Waals surface area contributed by atoms with E-state index in [4.69, 9.17) is 5.84 Å². The fourth-order valence-electron chi connectivity index (χ4n) is 5.59. The van der Waals surface area contributed by atoms with Gasteiger partial charge < -0.3 is 5.32 Å². The molecular weight excluding hydrogens is 444 g/mol. The number of hydroxylamine groups is 1. The summed E-state index contributed by atoms with van der Waals surface area (Å²) in [5.74, 6) is 3.14. The van der Waals surface area contributed by atoms with E-state index < -0.39 is 35.1 Å². The summed E-state index contributed by atoms with van der Waals surface area (Å²) < 4.78 is 0. The van der Waals surface area contributed by atoms with Crippen molar-refractivity contribution in [3.8, 4) is 0 Å². The summed E-state index contributed by atoms with van der Waals surface area (Å²) in [6.07, 6.45) is 6.28. The van der Waals surface area contributed by atoms with Crippen molar-refractivity contribution in [3.63, 3.8) is 0 Å².